The van der Waals surface area contributed by atoms with Crippen molar-refractivity contribution in [1.29, 1.82) is 0 Å². The molecule has 1 amide bonds. The van der Waals surface area contributed by atoms with Gasteiger partial charge in [0.2, 0.25) is 0 Å². The van der Waals surface area contributed by atoms with Gasteiger partial charge in [-0.05, 0) is 17.5 Å². The third-order valence-electron chi connectivity index (χ3n) is 2.32. The van der Waals surface area contributed by atoms with Crippen molar-refractivity contribution >= 4 is 11.9 Å². The second kappa shape index (κ2) is 7.25. The van der Waals surface area contributed by atoms with Crippen molar-refractivity contribution in [1.82, 2.24) is 5.32 Å². The van der Waals surface area contributed by atoms with E-state index in [9.17, 15) is 4.79 Å². The summed E-state index contributed by atoms with van der Waals surface area (Å²) in [5.74, 6) is 0.332. The molecule has 1 rings (SSSR count). The van der Waals surface area contributed by atoms with Crippen LogP contribution in [0.1, 0.15) is 25.0 Å². The summed E-state index contributed by atoms with van der Waals surface area (Å²) < 4.78 is 4.99. The number of nitrogens with two attached hydrogens (primary N) is 1. The number of carbonyl (C=O) groups excluding carboxylic acids is 1. The predicted octanol–water partition coefficient (Wildman–Crippen LogP) is 1.66. The number of nitrogens with zero attached hydrogens (tertiary/aromatic N) is 1. The van der Waals surface area contributed by atoms with Crippen LogP contribution in [0.3, 0.4) is 0 Å². The zero-order valence-corrected chi connectivity index (χ0v) is 11.1. The highest BCUT2D eigenvalue weighted by Gasteiger charge is 2.05. The lowest BCUT2D eigenvalue weighted by Crippen LogP contribution is -2.25. The topological polar surface area (TPSA) is 96.9 Å². The quantitative estimate of drug-likeness (QED) is 0.326. The van der Waals surface area contributed by atoms with Gasteiger partial charge in [0, 0.05) is 12.1 Å². The molecule has 0 aliphatic carbocycles. The van der Waals surface area contributed by atoms with Crippen molar-refractivity contribution in [3.05, 3.63) is 35.4 Å². The molecule has 0 radical (unpaired) electrons. The molecule has 0 saturated carbocycles. The van der Waals surface area contributed by atoms with Crippen LogP contribution in [-0.4, -0.2) is 23.7 Å². The zero-order valence-electron chi connectivity index (χ0n) is 11.1. The number of rotatable bonds is 5. The summed E-state index contributed by atoms with van der Waals surface area (Å²) >= 11 is 0. The van der Waals surface area contributed by atoms with Crippen molar-refractivity contribution in [3.63, 3.8) is 0 Å². The van der Waals surface area contributed by atoms with Crippen LogP contribution in [0.2, 0.25) is 0 Å². The first-order chi connectivity index (χ1) is 9.02. The van der Waals surface area contributed by atoms with Crippen LogP contribution in [0, 0.1) is 5.92 Å². The highest BCUT2D eigenvalue weighted by Crippen LogP contribution is 2.05. The molecule has 0 unspecified atom stereocenters. The molecule has 19 heavy (non-hydrogen) atoms. The van der Waals surface area contributed by atoms with E-state index in [4.69, 9.17) is 15.7 Å². The molecule has 0 aromatic heterocycles. The van der Waals surface area contributed by atoms with Gasteiger partial charge >= 0.3 is 6.09 Å². The maximum Gasteiger partial charge on any atom is 0.407 e. The Morgan fingerprint density at radius 2 is 2.26 bits per heavy atom. The number of amidine groups is 1. The number of oxime groups is 1. The second-order valence-electron chi connectivity index (χ2n) is 4.53. The Bertz CT molecular complexity index is 458. The minimum atomic E-state index is -0.456. The Kier molecular flexibility index (Phi) is 5.66. The minimum absolute atomic E-state index is 0.0317. The first kappa shape index (κ1) is 14.8. The van der Waals surface area contributed by atoms with Crippen LogP contribution in [0.5, 0.6) is 0 Å². The summed E-state index contributed by atoms with van der Waals surface area (Å²) in [6.07, 6.45) is -0.456. The average molecular weight is 265 g/mol. The number of nitrogens with one attached hydrogen (secondary N) is 1. The van der Waals surface area contributed by atoms with E-state index < -0.39 is 6.09 Å². The standard InChI is InChI=1S/C13H19N3O3/c1-9(2)8-19-13(17)15-7-10-4-3-5-11(6-10)12(14)16-18/h3-6,9,18H,7-8H2,1-2H3,(H2,14,16)(H,15,17). The summed E-state index contributed by atoms with van der Waals surface area (Å²) in [6, 6.07) is 7.05. The van der Waals surface area contributed by atoms with E-state index in [-0.39, 0.29) is 5.84 Å². The Balaban J connectivity index is 2.52. The van der Waals surface area contributed by atoms with Crippen LogP contribution in [0.4, 0.5) is 4.79 Å². The van der Waals surface area contributed by atoms with E-state index in [1.165, 1.54) is 0 Å². The largest absolute Gasteiger partial charge is 0.449 e. The molecule has 1 aromatic rings. The fourth-order valence-corrected chi connectivity index (χ4v) is 1.37. The van der Waals surface area contributed by atoms with Crippen molar-refractivity contribution < 1.29 is 14.7 Å². The van der Waals surface area contributed by atoms with Gasteiger partial charge in [0.1, 0.15) is 0 Å². The Morgan fingerprint density at radius 1 is 1.53 bits per heavy atom. The van der Waals surface area contributed by atoms with E-state index in [0.717, 1.165) is 5.56 Å². The fraction of sp³-hybridized carbons (Fsp3) is 0.385. The first-order valence-corrected chi connectivity index (χ1v) is 6.00. The summed E-state index contributed by atoms with van der Waals surface area (Å²) in [5.41, 5.74) is 6.92. The molecule has 0 bridgehead atoms. The smallest absolute Gasteiger partial charge is 0.407 e. The van der Waals surface area contributed by atoms with Gasteiger partial charge in [0.25, 0.3) is 0 Å². The lowest BCUT2D eigenvalue weighted by Gasteiger charge is -2.09. The molecule has 0 saturated heterocycles. The van der Waals surface area contributed by atoms with Crippen LogP contribution >= 0.6 is 0 Å². The summed E-state index contributed by atoms with van der Waals surface area (Å²) in [6.45, 7) is 4.64. The monoisotopic (exact) mass is 265 g/mol. The third kappa shape index (κ3) is 5.29. The minimum Gasteiger partial charge on any atom is -0.449 e. The van der Waals surface area contributed by atoms with Gasteiger partial charge in [0.05, 0.1) is 6.61 Å². The first-order valence-electron chi connectivity index (χ1n) is 6.00. The summed E-state index contributed by atoms with van der Waals surface area (Å²) in [7, 11) is 0. The van der Waals surface area contributed by atoms with Gasteiger partial charge in [-0.25, -0.2) is 4.79 Å². The zero-order chi connectivity index (χ0) is 14.3. The molecule has 0 atom stereocenters. The number of amides is 1. The Hall–Kier alpha value is -2.24. The number of carbonyl (C=O) groups is 1. The summed E-state index contributed by atoms with van der Waals surface area (Å²) in [5, 5.41) is 14.2. The highest BCUT2D eigenvalue weighted by atomic mass is 16.5. The lowest BCUT2D eigenvalue weighted by atomic mass is 10.1. The lowest BCUT2D eigenvalue weighted by molar-refractivity contribution is 0.132. The molecule has 0 heterocycles. The van der Waals surface area contributed by atoms with Crippen molar-refractivity contribution in [2.45, 2.75) is 20.4 Å². The van der Waals surface area contributed by atoms with Gasteiger partial charge in [-0.1, -0.05) is 37.2 Å². The van der Waals surface area contributed by atoms with E-state index in [2.05, 4.69) is 10.5 Å². The molecule has 0 aliphatic heterocycles. The normalized spacial score (nSPS) is 11.4. The molecule has 1 aromatic carbocycles. The molecule has 6 heteroatoms. The molecule has 0 aliphatic rings. The van der Waals surface area contributed by atoms with Gasteiger partial charge in [-0.3, -0.25) is 0 Å². The van der Waals surface area contributed by atoms with Crippen molar-refractivity contribution in [3.8, 4) is 0 Å². The maximum absolute atomic E-state index is 11.4. The van der Waals surface area contributed by atoms with Crippen LogP contribution in [0.25, 0.3) is 0 Å². The predicted molar refractivity (Wildman–Crippen MR) is 72.0 cm³/mol. The second-order valence-corrected chi connectivity index (χ2v) is 4.53. The molecule has 4 N–H and O–H groups in total. The third-order valence-corrected chi connectivity index (χ3v) is 2.32. The Labute approximate surface area is 112 Å². The van der Waals surface area contributed by atoms with Gasteiger partial charge in [-0.2, -0.15) is 0 Å². The van der Waals surface area contributed by atoms with Gasteiger partial charge in [-0.15, -0.1) is 0 Å². The van der Waals surface area contributed by atoms with Crippen LogP contribution < -0.4 is 11.1 Å². The maximum atomic E-state index is 11.4. The number of hydrogen-bond donors (Lipinski definition) is 3. The van der Waals surface area contributed by atoms with Gasteiger partial charge < -0.3 is 21.0 Å². The molecule has 0 fully saturated rings. The van der Waals surface area contributed by atoms with Crippen molar-refractivity contribution in [2.24, 2.45) is 16.8 Å². The van der Waals surface area contributed by atoms with Crippen LogP contribution in [0.15, 0.2) is 29.4 Å². The molecular weight excluding hydrogens is 246 g/mol. The molecule has 104 valence electrons. The summed E-state index contributed by atoms with van der Waals surface area (Å²) in [4.78, 5) is 11.4. The van der Waals surface area contributed by atoms with E-state index in [0.29, 0.717) is 24.6 Å². The van der Waals surface area contributed by atoms with Crippen molar-refractivity contribution in [2.75, 3.05) is 6.61 Å². The van der Waals surface area contributed by atoms with E-state index in [1.54, 1.807) is 18.2 Å². The van der Waals surface area contributed by atoms with E-state index >= 15 is 0 Å². The number of ether oxygens (including phenoxy) is 1. The average Bonchev–Trinajstić information content (AvgIpc) is 2.42. The Morgan fingerprint density at radius 3 is 2.89 bits per heavy atom. The van der Waals surface area contributed by atoms with Crippen LogP contribution in [-0.2, 0) is 11.3 Å². The fourth-order valence-electron chi connectivity index (χ4n) is 1.37. The number of alkyl carbamates (subject to hydrolysis) is 1. The van der Waals surface area contributed by atoms with Gasteiger partial charge in [0.15, 0.2) is 5.84 Å². The molecule has 0 spiro atoms. The molecule has 6 nitrogen and oxygen atoms in total. The van der Waals surface area contributed by atoms with E-state index in [1.807, 2.05) is 19.9 Å². The highest BCUT2D eigenvalue weighted by molar-refractivity contribution is 5.97. The number of hydrogen-bond acceptors (Lipinski definition) is 4. The molecular formula is C13H19N3O3. The number of benzene rings is 1. The SMILES string of the molecule is CC(C)COC(=O)NCc1cccc(C(N)=NO)c1.